The Hall–Kier alpha value is -3.55. The van der Waals surface area contributed by atoms with Crippen molar-refractivity contribution in [3.63, 3.8) is 0 Å². The van der Waals surface area contributed by atoms with Gasteiger partial charge in [0.15, 0.2) is 6.61 Å². The third kappa shape index (κ3) is 6.23. The Morgan fingerprint density at radius 3 is 2.50 bits per heavy atom. The van der Waals surface area contributed by atoms with E-state index in [1.54, 1.807) is 12.1 Å². The standard InChI is InChI=1S/C22H22FN3O4/c23-18-8-6-16(7-9-18)14-24-20(27)15-30-22(29)11-10-21(28)26-13-12-19(25-26)17-4-2-1-3-5-17/h1-9H,10-15H2,(H,24,27). The molecule has 0 saturated heterocycles. The molecule has 8 heteroatoms. The molecule has 156 valence electrons. The Bertz CT molecular complexity index is 929. The summed E-state index contributed by atoms with van der Waals surface area (Å²) in [5.41, 5.74) is 2.53. The smallest absolute Gasteiger partial charge is 0.306 e. The van der Waals surface area contributed by atoms with E-state index in [1.807, 2.05) is 30.3 Å². The highest BCUT2D eigenvalue weighted by molar-refractivity contribution is 6.02. The lowest BCUT2D eigenvalue weighted by atomic mass is 10.1. The first-order valence-corrected chi connectivity index (χ1v) is 9.61. The number of hydrogen-bond donors (Lipinski definition) is 1. The Morgan fingerprint density at radius 1 is 1.03 bits per heavy atom. The van der Waals surface area contributed by atoms with E-state index in [9.17, 15) is 18.8 Å². The second-order valence-corrected chi connectivity index (χ2v) is 6.74. The molecule has 0 fully saturated rings. The summed E-state index contributed by atoms with van der Waals surface area (Å²) in [7, 11) is 0. The summed E-state index contributed by atoms with van der Waals surface area (Å²) in [5.74, 6) is -1.73. The predicted molar refractivity (Wildman–Crippen MR) is 108 cm³/mol. The summed E-state index contributed by atoms with van der Waals surface area (Å²) in [4.78, 5) is 35.8. The van der Waals surface area contributed by atoms with Crippen LogP contribution >= 0.6 is 0 Å². The highest BCUT2D eigenvalue weighted by Gasteiger charge is 2.22. The molecule has 2 aromatic carbocycles. The number of ether oxygens (including phenoxy) is 1. The molecule has 0 saturated carbocycles. The average Bonchev–Trinajstić information content (AvgIpc) is 3.27. The minimum atomic E-state index is -0.633. The fraction of sp³-hybridized carbons (Fsp3) is 0.273. The number of nitrogens with zero attached hydrogens (tertiary/aromatic N) is 2. The molecule has 0 atom stereocenters. The number of amides is 2. The molecule has 1 aliphatic rings. The van der Waals surface area contributed by atoms with Crippen molar-refractivity contribution in [3.05, 3.63) is 71.5 Å². The Kier molecular flexibility index (Phi) is 7.26. The molecule has 0 bridgehead atoms. The highest BCUT2D eigenvalue weighted by atomic mass is 19.1. The number of carbonyl (C=O) groups is 3. The highest BCUT2D eigenvalue weighted by Crippen LogP contribution is 2.15. The van der Waals surface area contributed by atoms with E-state index in [0.717, 1.165) is 16.8 Å². The fourth-order valence-electron chi connectivity index (χ4n) is 2.88. The molecule has 0 aliphatic carbocycles. The minimum Gasteiger partial charge on any atom is -0.456 e. The van der Waals surface area contributed by atoms with Crippen molar-refractivity contribution in [2.45, 2.75) is 25.8 Å². The van der Waals surface area contributed by atoms with Crippen LogP contribution in [0.4, 0.5) is 4.39 Å². The van der Waals surface area contributed by atoms with Gasteiger partial charge in [-0.1, -0.05) is 42.5 Å². The molecule has 1 heterocycles. The Morgan fingerprint density at radius 2 is 1.77 bits per heavy atom. The van der Waals surface area contributed by atoms with Crippen LogP contribution in [0.25, 0.3) is 0 Å². The van der Waals surface area contributed by atoms with Crippen LogP contribution in [-0.4, -0.2) is 41.7 Å². The van der Waals surface area contributed by atoms with Crippen LogP contribution in [0.15, 0.2) is 59.7 Å². The molecular weight excluding hydrogens is 389 g/mol. The largest absolute Gasteiger partial charge is 0.456 e. The molecule has 1 aliphatic heterocycles. The third-order valence-electron chi connectivity index (χ3n) is 4.51. The quantitative estimate of drug-likeness (QED) is 0.676. The topological polar surface area (TPSA) is 88.1 Å². The van der Waals surface area contributed by atoms with Gasteiger partial charge in [-0.3, -0.25) is 14.4 Å². The van der Waals surface area contributed by atoms with Crippen LogP contribution in [0.5, 0.6) is 0 Å². The number of nitrogens with one attached hydrogen (secondary N) is 1. The van der Waals surface area contributed by atoms with Gasteiger partial charge in [-0.2, -0.15) is 5.10 Å². The molecule has 30 heavy (non-hydrogen) atoms. The zero-order valence-corrected chi connectivity index (χ0v) is 16.3. The maximum absolute atomic E-state index is 12.8. The second-order valence-electron chi connectivity index (χ2n) is 6.74. The second kappa shape index (κ2) is 10.3. The number of hydrazone groups is 1. The van der Waals surface area contributed by atoms with E-state index >= 15 is 0 Å². The summed E-state index contributed by atoms with van der Waals surface area (Å²) in [6.07, 6.45) is 0.493. The van der Waals surface area contributed by atoms with Gasteiger partial charge < -0.3 is 10.1 Å². The zero-order chi connectivity index (χ0) is 21.3. The first-order chi connectivity index (χ1) is 14.5. The molecule has 7 nitrogen and oxygen atoms in total. The van der Waals surface area contributed by atoms with Crippen LogP contribution in [0.2, 0.25) is 0 Å². The van der Waals surface area contributed by atoms with Gasteiger partial charge in [0.2, 0.25) is 5.91 Å². The number of benzene rings is 2. The maximum atomic E-state index is 12.8. The molecule has 2 aromatic rings. The minimum absolute atomic E-state index is 0.0401. The van der Waals surface area contributed by atoms with Crippen LogP contribution < -0.4 is 5.32 Å². The number of carbonyl (C=O) groups excluding carboxylic acids is 3. The van der Waals surface area contributed by atoms with Gasteiger partial charge in [-0.25, -0.2) is 9.40 Å². The predicted octanol–water partition coefficient (Wildman–Crippen LogP) is 2.40. The summed E-state index contributed by atoms with van der Waals surface area (Å²) in [6.45, 7) is 0.240. The van der Waals surface area contributed by atoms with Crippen LogP contribution in [0.1, 0.15) is 30.4 Å². The first kappa shape index (κ1) is 21.2. The lowest BCUT2D eigenvalue weighted by Crippen LogP contribution is -2.29. The van der Waals surface area contributed by atoms with Crippen molar-refractivity contribution in [1.29, 1.82) is 0 Å². The molecule has 1 N–H and O–H groups in total. The van der Waals surface area contributed by atoms with Gasteiger partial charge in [0, 0.05) is 19.4 Å². The molecule has 0 aromatic heterocycles. The van der Waals surface area contributed by atoms with Crippen LogP contribution in [0.3, 0.4) is 0 Å². The lowest BCUT2D eigenvalue weighted by Gasteiger charge is -2.11. The summed E-state index contributed by atoms with van der Waals surface area (Å²) < 4.78 is 17.7. The maximum Gasteiger partial charge on any atom is 0.306 e. The molecule has 0 unspecified atom stereocenters. The van der Waals surface area contributed by atoms with E-state index < -0.39 is 18.5 Å². The number of halogens is 1. The number of hydrogen-bond acceptors (Lipinski definition) is 5. The van der Waals surface area contributed by atoms with E-state index in [4.69, 9.17) is 4.74 Å². The van der Waals surface area contributed by atoms with Crippen LogP contribution in [-0.2, 0) is 25.7 Å². The lowest BCUT2D eigenvalue weighted by molar-refractivity contribution is -0.150. The zero-order valence-electron chi connectivity index (χ0n) is 16.3. The van der Waals surface area contributed by atoms with Crippen molar-refractivity contribution in [3.8, 4) is 0 Å². The van der Waals surface area contributed by atoms with E-state index in [0.29, 0.717) is 13.0 Å². The van der Waals surface area contributed by atoms with Gasteiger partial charge in [0.1, 0.15) is 5.82 Å². The third-order valence-corrected chi connectivity index (χ3v) is 4.51. The molecule has 3 rings (SSSR count). The van der Waals surface area contributed by atoms with E-state index in [-0.39, 0.29) is 31.1 Å². The van der Waals surface area contributed by atoms with Crippen molar-refractivity contribution < 1.29 is 23.5 Å². The molecule has 0 radical (unpaired) electrons. The fourth-order valence-corrected chi connectivity index (χ4v) is 2.88. The van der Waals surface area contributed by atoms with Crippen molar-refractivity contribution in [1.82, 2.24) is 10.3 Å². The van der Waals surface area contributed by atoms with E-state index in [1.165, 1.54) is 17.1 Å². The Labute approximate surface area is 173 Å². The molecular formula is C22H22FN3O4. The number of rotatable bonds is 8. The van der Waals surface area contributed by atoms with E-state index in [2.05, 4.69) is 10.4 Å². The van der Waals surface area contributed by atoms with Gasteiger partial charge in [-0.05, 0) is 23.3 Å². The van der Waals surface area contributed by atoms with Gasteiger partial charge in [-0.15, -0.1) is 0 Å². The van der Waals surface area contributed by atoms with Crippen molar-refractivity contribution in [2.75, 3.05) is 13.2 Å². The van der Waals surface area contributed by atoms with Crippen LogP contribution in [0, 0.1) is 5.82 Å². The monoisotopic (exact) mass is 411 g/mol. The first-order valence-electron chi connectivity index (χ1n) is 9.61. The Balaban J connectivity index is 1.35. The van der Waals surface area contributed by atoms with Crippen molar-refractivity contribution in [2.24, 2.45) is 5.10 Å². The molecule has 0 spiro atoms. The SMILES string of the molecule is O=C(COC(=O)CCC(=O)N1CCC(c2ccccc2)=N1)NCc1ccc(F)cc1. The summed E-state index contributed by atoms with van der Waals surface area (Å²) in [5, 5.41) is 8.27. The number of esters is 1. The summed E-state index contributed by atoms with van der Waals surface area (Å²) >= 11 is 0. The molecule has 2 amide bonds. The van der Waals surface area contributed by atoms with Gasteiger partial charge >= 0.3 is 5.97 Å². The summed E-state index contributed by atoms with van der Waals surface area (Å²) in [6, 6.07) is 15.3. The van der Waals surface area contributed by atoms with Gasteiger partial charge in [0.05, 0.1) is 18.7 Å². The van der Waals surface area contributed by atoms with Gasteiger partial charge in [0.25, 0.3) is 5.91 Å². The average molecular weight is 411 g/mol. The van der Waals surface area contributed by atoms with Crippen molar-refractivity contribution >= 4 is 23.5 Å². The normalized spacial score (nSPS) is 13.0.